The van der Waals surface area contributed by atoms with E-state index in [1.807, 2.05) is 20.8 Å². The third kappa shape index (κ3) is 3.61. The van der Waals surface area contributed by atoms with Gasteiger partial charge in [0.05, 0.1) is 20.9 Å². The minimum absolute atomic E-state index is 0.100. The number of hydrogen-bond acceptors (Lipinski definition) is 2. The first-order valence-electron chi connectivity index (χ1n) is 6.00. The Balaban J connectivity index is 2.85. The minimum atomic E-state index is -1.31. The zero-order valence-corrected chi connectivity index (χ0v) is 11.4. The fourth-order valence-corrected chi connectivity index (χ4v) is 3.32. The van der Waals surface area contributed by atoms with Gasteiger partial charge in [0.1, 0.15) is 5.82 Å². The molecule has 0 aliphatic carbocycles. The summed E-state index contributed by atoms with van der Waals surface area (Å²) in [7, 11) is -1.31. The van der Waals surface area contributed by atoms with E-state index in [9.17, 15) is 8.60 Å². The van der Waals surface area contributed by atoms with Crippen molar-refractivity contribution in [2.45, 2.75) is 43.4 Å². The lowest BCUT2D eigenvalue weighted by molar-refractivity contribution is 0.498. The lowest BCUT2D eigenvalue weighted by Crippen LogP contribution is -2.40. The van der Waals surface area contributed by atoms with Crippen molar-refractivity contribution in [2.24, 2.45) is 0 Å². The van der Waals surface area contributed by atoms with Crippen LogP contribution >= 0.6 is 0 Å². The molecule has 17 heavy (non-hydrogen) atoms. The molecular formula is C13H20FNOS. The molecule has 1 aromatic carbocycles. The summed E-state index contributed by atoms with van der Waals surface area (Å²) < 4.78 is 25.8. The molecule has 96 valence electrons. The highest BCUT2D eigenvalue weighted by atomic mass is 32.2. The molecule has 0 radical (unpaired) electrons. The summed E-state index contributed by atoms with van der Waals surface area (Å²) in [6.45, 7) is 6.79. The van der Waals surface area contributed by atoms with Crippen molar-refractivity contribution in [3.8, 4) is 0 Å². The summed E-state index contributed by atoms with van der Waals surface area (Å²) >= 11 is 0. The monoisotopic (exact) mass is 257 g/mol. The van der Waals surface area contributed by atoms with Crippen LogP contribution in [0.3, 0.4) is 0 Å². The zero-order chi connectivity index (χ0) is 12.8. The van der Waals surface area contributed by atoms with Gasteiger partial charge < -0.3 is 5.32 Å². The molecule has 3 atom stereocenters. The average Bonchev–Trinajstić information content (AvgIpc) is 2.35. The zero-order valence-electron chi connectivity index (χ0n) is 10.6. The summed E-state index contributed by atoms with van der Waals surface area (Å²) in [5.41, 5.74) is 0. The van der Waals surface area contributed by atoms with Crippen molar-refractivity contribution in [3.63, 3.8) is 0 Å². The Morgan fingerprint density at radius 2 is 2.00 bits per heavy atom. The van der Waals surface area contributed by atoms with Crippen molar-refractivity contribution in [1.82, 2.24) is 5.32 Å². The van der Waals surface area contributed by atoms with Crippen LogP contribution in [0.15, 0.2) is 29.2 Å². The molecule has 0 fully saturated rings. The first kappa shape index (κ1) is 14.3. The maximum Gasteiger partial charge on any atom is 0.139 e. The highest BCUT2D eigenvalue weighted by molar-refractivity contribution is 7.85. The molecule has 1 rings (SSSR count). The van der Waals surface area contributed by atoms with Crippen LogP contribution in [-0.4, -0.2) is 22.0 Å². The normalized spacial score (nSPS) is 16.5. The van der Waals surface area contributed by atoms with Gasteiger partial charge in [-0.2, -0.15) is 0 Å². The summed E-state index contributed by atoms with van der Waals surface area (Å²) in [5, 5.41) is 3.19. The van der Waals surface area contributed by atoms with Crippen LogP contribution in [-0.2, 0) is 10.8 Å². The van der Waals surface area contributed by atoms with Gasteiger partial charge in [-0.25, -0.2) is 4.39 Å². The number of benzene rings is 1. The van der Waals surface area contributed by atoms with Gasteiger partial charge in [0.2, 0.25) is 0 Å². The van der Waals surface area contributed by atoms with Gasteiger partial charge in [-0.15, -0.1) is 0 Å². The van der Waals surface area contributed by atoms with Crippen molar-refractivity contribution < 1.29 is 8.60 Å². The van der Waals surface area contributed by atoms with Crippen LogP contribution in [0.5, 0.6) is 0 Å². The van der Waals surface area contributed by atoms with Gasteiger partial charge in [0.25, 0.3) is 0 Å². The van der Waals surface area contributed by atoms with Crippen molar-refractivity contribution in [2.75, 3.05) is 6.54 Å². The Morgan fingerprint density at radius 1 is 1.35 bits per heavy atom. The quantitative estimate of drug-likeness (QED) is 0.849. The highest BCUT2D eigenvalue weighted by Gasteiger charge is 2.23. The number of hydrogen-bond donors (Lipinski definition) is 1. The molecule has 0 aliphatic rings. The molecule has 0 spiro atoms. The molecule has 0 saturated heterocycles. The summed E-state index contributed by atoms with van der Waals surface area (Å²) in [6.07, 6.45) is 0.884. The molecule has 0 amide bonds. The first-order chi connectivity index (χ1) is 8.11. The van der Waals surface area contributed by atoms with Crippen LogP contribution in [0.25, 0.3) is 0 Å². The number of nitrogens with one attached hydrogen (secondary N) is 1. The van der Waals surface area contributed by atoms with E-state index in [2.05, 4.69) is 5.32 Å². The average molecular weight is 257 g/mol. The van der Waals surface area contributed by atoms with Crippen molar-refractivity contribution in [3.05, 3.63) is 30.1 Å². The highest BCUT2D eigenvalue weighted by Crippen LogP contribution is 2.18. The second-order valence-electron chi connectivity index (χ2n) is 4.01. The van der Waals surface area contributed by atoms with E-state index >= 15 is 0 Å². The second kappa shape index (κ2) is 6.87. The standard InChI is InChI=1S/C13H20FNOS/c1-4-12(15-5-2)10(3)17(16)13-9-7-6-8-11(13)14/h6-10,12,15H,4-5H2,1-3H3. The van der Waals surface area contributed by atoms with Crippen molar-refractivity contribution >= 4 is 10.8 Å². The predicted molar refractivity (Wildman–Crippen MR) is 70.0 cm³/mol. The molecule has 1 N–H and O–H groups in total. The molecule has 1 aromatic rings. The van der Waals surface area contributed by atoms with Gasteiger partial charge in [-0.05, 0) is 32.0 Å². The molecule has 3 unspecified atom stereocenters. The molecule has 2 nitrogen and oxygen atoms in total. The van der Waals surface area contributed by atoms with E-state index < -0.39 is 10.8 Å². The van der Waals surface area contributed by atoms with Crippen LogP contribution in [0.1, 0.15) is 27.2 Å². The van der Waals surface area contributed by atoms with E-state index in [4.69, 9.17) is 0 Å². The molecule has 0 bridgehead atoms. The van der Waals surface area contributed by atoms with Gasteiger partial charge >= 0.3 is 0 Å². The Labute approximate surface area is 105 Å². The third-order valence-corrected chi connectivity index (χ3v) is 4.63. The number of rotatable bonds is 6. The van der Waals surface area contributed by atoms with Gasteiger partial charge in [-0.3, -0.25) is 4.21 Å². The van der Waals surface area contributed by atoms with E-state index in [1.54, 1.807) is 18.2 Å². The van der Waals surface area contributed by atoms with Crippen LogP contribution in [0.4, 0.5) is 4.39 Å². The summed E-state index contributed by atoms with van der Waals surface area (Å²) in [5.74, 6) is -0.385. The summed E-state index contributed by atoms with van der Waals surface area (Å²) in [4.78, 5) is 0.302. The SMILES string of the molecule is CCNC(CC)C(C)S(=O)c1ccccc1F. The smallest absolute Gasteiger partial charge is 0.139 e. The molecule has 0 heterocycles. The topological polar surface area (TPSA) is 29.1 Å². The fourth-order valence-electron chi connectivity index (χ4n) is 1.86. The molecule has 0 aliphatic heterocycles. The lowest BCUT2D eigenvalue weighted by atomic mass is 10.2. The van der Waals surface area contributed by atoms with Gasteiger partial charge in [-0.1, -0.05) is 26.0 Å². The third-order valence-electron chi connectivity index (χ3n) is 2.86. The second-order valence-corrected chi connectivity index (χ2v) is 5.78. The van der Waals surface area contributed by atoms with E-state index in [0.29, 0.717) is 4.90 Å². The van der Waals surface area contributed by atoms with E-state index in [1.165, 1.54) is 6.07 Å². The van der Waals surface area contributed by atoms with Gasteiger partial charge in [0.15, 0.2) is 0 Å². The van der Waals surface area contributed by atoms with Crippen LogP contribution < -0.4 is 5.32 Å². The predicted octanol–water partition coefficient (Wildman–Crippen LogP) is 2.71. The van der Waals surface area contributed by atoms with Gasteiger partial charge in [0, 0.05) is 6.04 Å². The first-order valence-corrected chi connectivity index (χ1v) is 7.21. The molecule has 0 saturated carbocycles. The molecule has 0 aromatic heterocycles. The largest absolute Gasteiger partial charge is 0.313 e. The maximum atomic E-state index is 13.5. The lowest BCUT2D eigenvalue weighted by Gasteiger charge is -2.23. The maximum absolute atomic E-state index is 13.5. The van der Waals surface area contributed by atoms with E-state index in [-0.39, 0.29) is 17.1 Å². The Kier molecular flexibility index (Phi) is 5.78. The van der Waals surface area contributed by atoms with Crippen LogP contribution in [0, 0.1) is 5.82 Å². The fraction of sp³-hybridized carbons (Fsp3) is 0.538. The Hall–Kier alpha value is -0.740. The number of halogens is 1. The molecule has 4 heteroatoms. The van der Waals surface area contributed by atoms with Crippen molar-refractivity contribution in [1.29, 1.82) is 0 Å². The summed E-state index contributed by atoms with van der Waals surface area (Å²) in [6, 6.07) is 6.44. The Bertz CT molecular complexity index is 383. The Morgan fingerprint density at radius 3 is 2.53 bits per heavy atom. The van der Waals surface area contributed by atoms with E-state index in [0.717, 1.165) is 13.0 Å². The minimum Gasteiger partial charge on any atom is -0.313 e. The van der Waals surface area contributed by atoms with Crippen LogP contribution in [0.2, 0.25) is 0 Å². The molecular weight excluding hydrogens is 237 g/mol.